The monoisotopic (exact) mass is 889 g/mol. The molecule has 0 spiro atoms. The highest BCUT2D eigenvalue weighted by molar-refractivity contribution is 5.96. The first kappa shape index (κ1) is 47.3. The molecule has 64 heavy (non-hydrogen) atoms. The van der Waals surface area contributed by atoms with Crippen LogP contribution in [-0.2, 0) is 66.0 Å². The molecule has 8 rings (SSSR count). The van der Waals surface area contributed by atoms with E-state index in [2.05, 4.69) is 29.8 Å². The van der Waals surface area contributed by atoms with Gasteiger partial charge in [0.15, 0.2) is 5.78 Å². The van der Waals surface area contributed by atoms with Gasteiger partial charge in [0.2, 0.25) is 18.1 Å². The molecule has 1 aliphatic carbocycles. The number of aliphatic hydroxyl groups excluding tert-OH is 1. The molecule has 19 heteroatoms. The molecule has 1 saturated heterocycles. The minimum Gasteiger partial charge on any atom is -0.463 e. The van der Waals surface area contributed by atoms with Gasteiger partial charge in [0.1, 0.15) is 30.9 Å². The number of allylic oxidation sites excluding steroid dienone is 1. The van der Waals surface area contributed by atoms with Crippen molar-refractivity contribution in [1.29, 1.82) is 0 Å². The number of cyclic esters (lactones) is 1. The fourth-order valence-electron chi connectivity index (χ4n) is 8.13. The van der Waals surface area contributed by atoms with Crippen molar-refractivity contribution in [3.05, 3.63) is 91.2 Å². The number of ketones is 1. The molecule has 0 bridgehead atoms. The highest BCUT2D eigenvalue weighted by atomic mass is 19.1. The number of primary amides is 1. The highest BCUT2D eigenvalue weighted by Crippen LogP contribution is 2.50. The summed E-state index contributed by atoms with van der Waals surface area (Å²) < 4.78 is 37.5. The first-order chi connectivity index (χ1) is 30.5. The normalized spacial score (nSPS) is 20.0. The molecular formula is C45H56FN7O11. The maximum atomic E-state index is 14.5. The van der Waals surface area contributed by atoms with Gasteiger partial charge in [-0.1, -0.05) is 19.9 Å². The molecule has 3 aromatic rings. The number of aliphatic hydroxyl groups is 1. The lowest BCUT2D eigenvalue weighted by Crippen LogP contribution is -2.42. The van der Waals surface area contributed by atoms with Gasteiger partial charge in [-0.3, -0.25) is 24.0 Å². The van der Waals surface area contributed by atoms with Crippen LogP contribution >= 0.6 is 0 Å². The lowest BCUT2D eigenvalue weighted by atomic mass is 9.78. The van der Waals surface area contributed by atoms with Crippen LogP contribution in [0.3, 0.4) is 0 Å². The number of nitrogens with one attached hydrogen (secondary N) is 3. The first-order valence-electron chi connectivity index (χ1n) is 21.2. The third-order valence-electron chi connectivity index (χ3n) is 11.5. The van der Waals surface area contributed by atoms with Crippen molar-refractivity contribution in [2.75, 3.05) is 30.3 Å². The molecule has 5 heterocycles. The summed E-state index contributed by atoms with van der Waals surface area (Å²) >= 11 is 0. The number of nitrogens with zero attached hydrogens (tertiary/aromatic N) is 1. The van der Waals surface area contributed by atoms with E-state index >= 15 is 0 Å². The summed E-state index contributed by atoms with van der Waals surface area (Å²) in [7, 11) is 0. The number of nitrogens with two attached hydrogens (primary N) is 3. The largest absolute Gasteiger partial charge is 0.463 e. The summed E-state index contributed by atoms with van der Waals surface area (Å²) in [6.45, 7) is 8.05. The van der Waals surface area contributed by atoms with Crippen molar-refractivity contribution in [1.82, 2.24) is 9.88 Å². The van der Waals surface area contributed by atoms with Crippen LogP contribution in [0, 0.1) is 18.7 Å². The Morgan fingerprint density at radius 1 is 1.06 bits per heavy atom. The number of carbonyl (C=O) groups excluding carboxylic acids is 5. The van der Waals surface area contributed by atoms with E-state index in [0.29, 0.717) is 23.6 Å². The highest BCUT2D eigenvalue weighted by Gasteiger charge is 2.39. The number of rotatable bonds is 10. The Morgan fingerprint density at radius 2 is 1.81 bits per heavy atom. The van der Waals surface area contributed by atoms with Crippen LogP contribution < -0.4 is 43.4 Å². The summed E-state index contributed by atoms with van der Waals surface area (Å²) in [5.41, 5.74) is 24.4. The molecule has 0 saturated carbocycles. The van der Waals surface area contributed by atoms with Crippen molar-refractivity contribution in [3.63, 3.8) is 0 Å². The van der Waals surface area contributed by atoms with Crippen LogP contribution in [-0.4, -0.2) is 77.5 Å². The van der Waals surface area contributed by atoms with Crippen molar-refractivity contribution in [2.24, 2.45) is 23.1 Å². The summed E-state index contributed by atoms with van der Waals surface area (Å²) in [6, 6.07) is 7.97. The van der Waals surface area contributed by atoms with Crippen molar-refractivity contribution in [3.8, 4) is 5.75 Å². The zero-order chi connectivity index (χ0) is 46.4. The number of aromatic nitrogens is 1. The van der Waals surface area contributed by atoms with E-state index in [0.717, 1.165) is 59.4 Å². The van der Waals surface area contributed by atoms with E-state index in [1.54, 1.807) is 16.7 Å². The Morgan fingerprint density at radius 3 is 2.50 bits per heavy atom. The van der Waals surface area contributed by atoms with Gasteiger partial charge in [-0.25, -0.2) is 9.18 Å². The number of fused-ring (bicyclic) bond motifs is 4. The van der Waals surface area contributed by atoms with Gasteiger partial charge in [-0.05, 0) is 103 Å². The van der Waals surface area contributed by atoms with E-state index in [1.807, 2.05) is 13.0 Å². The second-order valence-electron chi connectivity index (χ2n) is 16.6. The number of Topliss-reactive ketones (excluding diaryl/α,β-unsaturated/α-hetero) is 1. The summed E-state index contributed by atoms with van der Waals surface area (Å²) in [4.78, 5) is 70.7. The van der Waals surface area contributed by atoms with E-state index in [4.69, 9.17) is 36.1 Å². The van der Waals surface area contributed by atoms with E-state index in [9.17, 15) is 38.3 Å². The van der Waals surface area contributed by atoms with Crippen LogP contribution in [0.2, 0.25) is 0 Å². The van der Waals surface area contributed by atoms with E-state index in [1.165, 1.54) is 30.2 Å². The lowest BCUT2D eigenvalue weighted by Gasteiger charge is -2.33. The molecule has 0 radical (unpaired) electrons. The second kappa shape index (κ2) is 20.6. The number of hydrogen-bond acceptors (Lipinski definition) is 14. The number of amides is 3. The average Bonchev–Trinajstić information content (AvgIpc) is 3.63. The number of halogens is 1. The molecule has 3 amide bonds. The summed E-state index contributed by atoms with van der Waals surface area (Å²) in [5.74, 6) is -0.950. The molecule has 4 aliphatic heterocycles. The van der Waals surface area contributed by atoms with Gasteiger partial charge in [0.05, 0.1) is 42.9 Å². The number of pyridine rings is 1. The Kier molecular flexibility index (Phi) is 15.2. The molecule has 4 atom stereocenters. The Labute approximate surface area is 369 Å². The Bertz CT molecular complexity index is 2420. The van der Waals surface area contributed by atoms with Crippen LogP contribution in [0.4, 0.5) is 20.6 Å². The molecular weight excluding hydrogens is 834 g/mol. The van der Waals surface area contributed by atoms with Gasteiger partial charge in [0, 0.05) is 36.3 Å². The Hall–Kier alpha value is -6.15. The smallest absolute Gasteiger partial charge is 0.404 e. The number of ether oxygens (including phenoxy) is 4. The van der Waals surface area contributed by atoms with Gasteiger partial charge in [0.25, 0.3) is 5.56 Å². The lowest BCUT2D eigenvalue weighted by molar-refractivity contribution is -0.181. The number of carbonyl (C=O) groups is 5. The van der Waals surface area contributed by atoms with Crippen molar-refractivity contribution >= 4 is 46.6 Å². The molecule has 1 aromatic heterocycles. The topological polar surface area (TPSA) is 279 Å². The summed E-state index contributed by atoms with van der Waals surface area (Å²) in [6.07, 6.45) is -0.245. The molecule has 10 N–H and O–H groups in total. The summed E-state index contributed by atoms with van der Waals surface area (Å²) in [5, 5.41) is 18.4. The van der Waals surface area contributed by atoms with Gasteiger partial charge >= 0.3 is 12.1 Å². The number of benzene rings is 2. The first-order valence-corrected chi connectivity index (χ1v) is 21.2. The minimum atomic E-state index is -0.963. The van der Waals surface area contributed by atoms with Crippen LogP contribution in [0.5, 0.6) is 5.75 Å². The molecule has 344 valence electrons. The SMILES string of the molecule is CC(=O)C1CC(O)CC(Oc2ccc(COC(N)=O)cc2NC(=O)CNC(=O)CN)O1.CC(C)CN.Cc1c(F)cc2c3c1CCCC3=C1Cn3c(cc4c(c3=O)COC(=O)C4)C1N2. The minimum absolute atomic E-state index is 0.0477. The number of hydrogen-bond donors (Lipinski definition) is 7. The average molecular weight is 890 g/mol. The maximum Gasteiger partial charge on any atom is 0.404 e. The maximum absolute atomic E-state index is 14.5. The zero-order valence-corrected chi connectivity index (χ0v) is 36.3. The fraction of sp³-hybridized carbons (Fsp3) is 0.467. The molecule has 5 aliphatic rings. The standard InChI is InChI=1S/C22H19FN2O3.C19H26N4O8.C4H11N/c1-10-12-3-2-4-13-14-8-25-18(21(14)24-17(20(12)13)7-16(10)23)5-11-6-19(26)28-9-15(11)22(25)27;1-10(24)15-5-12(25)6-18(31-15)30-14-3-2-11(9-29-19(21)28)4-13(14)23-17(27)8-22-16(26)7-20;1-4(2)3-5/h5,7,21,24H,2-4,6,8-9H2,1H3;2-4,12,15,18,25H,5-9,20H2,1H3,(H2,21,28)(H,22,26)(H,23,27);4H,3,5H2,1-2H3. The fourth-order valence-corrected chi connectivity index (χ4v) is 8.13. The van der Waals surface area contributed by atoms with E-state index in [-0.39, 0.29) is 86.2 Å². The second-order valence-corrected chi connectivity index (χ2v) is 16.6. The molecule has 18 nitrogen and oxygen atoms in total. The van der Waals surface area contributed by atoms with Crippen LogP contribution in [0.15, 0.2) is 40.7 Å². The Balaban J connectivity index is 0.000000193. The molecule has 2 aromatic carbocycles. The van der Waals surface area contributed by atoms with Crippen molar-refractivity contribution in [2.45, 2.75) is 111 Å². The van der Waals surface area contributed by atoms with Gasteiger partial charge in [-0.15, -0.1) is 0 Å². The van der Waals surface area contributed by atoms with Crippen LogP contribution in [0.1, 0.15) is 91.6 Å². The number of esters is 1. The van der Waals surface area contributed by atoms with Gasteiger partial charge < -0.3 is 61.8 Å². The van der Waals surface area contributed by atoms with Crippen LogP contribution in [0.25, 0.3) is 5.57 Å². The third-order valence-corrected chi connectivity index (χ3v) is 11.5. The molecule has 1 fully saturated rings. The number of anilines is 2. The molecule has 4 unspecified atom stereocenters. The third kappa shape index (κ3) is 11.0. The van der Waals surface area contributed by atoms with E-state index < -0.39 is 36.4 Å². The van der Waals surface area contributed by atoms with Gasteiger partial charge in [-0.2, -0.15) is 0 Å². The predicted molar refractivity (Wildman–Crippen MR) is 232 cm³/mol. The predicted octanol–water partition coefficient (Wildman–Crippen LogP) is 2.90. The quantitative estimate of drug-likeness (QED) is 0.144. The van der Waals surface area contributed by atoms with Crippen molar-refractivity contribution < 1.29 is 52.4 Å². The zero-order valence-electron chi connectivity index (χ0n) is 36.3.